The van der Waals surface area contributed by atoms with Crippen LogP contribution in [0.15, 0.2) is 6.20 Å². The van der Waals surface area contributed by atoms with E-state index in [0.717, 1.165) is 0 Å². The van der Waals surface area contributed by atoms with Crippen LogP contribution in [0.2, 0.25) is 0 Å². The molecule has 7 nitrogen and oxygen atoms in total. The van der Waals surface area contributed by atoms with Crippen LogP contribution in [0.1, 0.15) is 16.1 Å². The fraction of sp³-hybridized carbons (Fsp3) is 0.333. The Morgan fingerprint density at radius 3 is 2.50 bits per heavy atom. The molecular formula is C9H11N5O2. The smallest absolute Gasteiger partial charge is 0.356 e. The van der Waals surface area contributed by atoms with E-state index in [9.17, 15) is 4.79 Å². The Hall–Kier alpha value is -2.18. The maximum Gasteiger partial charge on any atom is 0.356 e. The van der Waals surface area contributed by atoms with E-state index in [1.165, 1.54) is 9.48 Å². The van der Waals surface area contributed by atoms with Crippen molar-refractivity contribution in [3.63, 3.8) is 0 Å². The number of rotatable bonds is 2. The molecule has 0 aliphatic carbocycles. The summed E-state index contributed by atoms with van der Waals surface area (Å²) in [5, 5.41) is 20.9. The molecule has 0 unspecified atom stereocenters. The molecule has 2 aromatic rings. The maximum atomic E-state index is 10.9. The van der Waals surface area contributed by atoms with Gasteiger partial charge in [0, 0.05) is 19.7 Å². The number of carboxylic acid groups (broad SMARTS) is 1. The van der Waals surface area contributed by atoms with E-state index in [2.05, 4.69) is 15.3 Å². The van der Waals surface area contributed by atoms with Gasteiger partial charge in [-0.25, -0.2) is 4.79 Å². The van der Waals surface area contributed by atoms with Gasteiger partial charge >= 0.3 is 5.97 Å². The van der Waals surface area contributed by atoms with E-state index in [-0.39, 0.29) is 5.69 Å². The Morgan fingerprint density at radius 2 is 2.06 bits per heavy atom. The van der Waals surface area contributed by atoms with Crippen molar-refractivity contribution in [2.45, 2.75) is 6.92 Å². The number of hydrogen-bond acceptors (Lipinski definition) is 4. The second-order valence-electron chi connectivity index (χ2n) is 3.47. The average Bonchev–Trinajstić information content (AvgIpc) is 2.71. The first-order valence-electron chi connectivity index (χ1n) is 4.64. The predicted molar refractivity (Wildman–Crippen MR) is 54.9 cm³/mol. The number of aryl methyl sites for hydroxylation is 2. The van der Waals surface area contributed by atoms with Crippen molar-refractivity contribution in [2.24, 2.45) is 14.1 Å². The molecular weight excluding hydrogens is 210 g/mol. The van der Waals surface area contributed by atoms with E-state index in [1.54, 1.807) is 27.2 Å². The van der Waals surface area contributed by atoms with Crippen LogP contribution in [-0.2, 0) is 14.1 Å². The molecule has 7 heteroatoms. The van der Waals surface area contributed by atoms with E-state index in [0.29, 0.717) is 17.0 Å². The Kier molecular flexibility index (Phi) is 2.22. The van der Waals surface area contributed by atoms with E-state index >= 15 is 0 Å². The minimum Gasteiger partial charge on any atom is -0.476 e. The number of aromatic carboxylic acids is 1. The highest BCUT2D eigenvalue weighted by Crippen LogP contribution is 2.22. The molecule has 2 aromatic heterocycles. The van der Waals surface area contributed by atoms with Crippen LogP contribution in [-0.4, -0.2) is 35.9 Å². The minimum atomic E-state index is -1.04. The summed E-state index contributed by atoms with van der Waals surface area (Å²) < 4.78 is 1.50. The molecule has 1 N–H and O–H groups in total. The fourth-order valence-corrected chi connectivity index (χ4v) is 1.65. The largest absolute Gasteiger partial charge is 0.476 e. The normalized spacial score (nSPS) is 10.7. The number of hydrogen-bond donors (Lipinski definition) is 1. The van der Waals surface area contributed by atoms with Gasteiger partial charge in [0.1, 0.15) is 5.69 Å². The molecule has 2 rings (SSSR count). The summed E-state index contributed by atoms with van der Waals surface area (Å²) >= 11 is 0. The summed E-state index contributed by atoms with van der Waals surface area (Å²) in [6, 6.07) is 0. The molecule has 0 saturated carbocycles. The Morgan fingerprint density at radius 1 is 1.38 bits per heavy atom. The summed E-state index contributed by atoms with van der Waals surface area (Å²) in [5.74, 6) is -1.04. The van der Waals surface area contributed by atoms with Crippen molar-refractivity contribution in [3.05, 3.63) is 17.5 Å². The lowest BCUT2D eigenvalue weighted by molar-refractivity contribution is 0.0689. The third kappa shape index (κ3) is 1.46. The molecule has 2 heterocycles. The first kappa shape index (κ1) is 10.3. The van der Waals surface area contributed by atoms with Crippen LogP contribution in [0.4, 0.5) is 0 Å². The lowest BCUT2D eigenvalue weighted by Crippen LogP contribution is -2.00. The van der Waals surface area contributed by atoms with Crippen LogP contribution in [0.3, 0.4) is 0 Å². The molecule has 0 aliphatic rings. The van der Waals surface area contributed by atoms with Gasteiger partial charge in [-0.1, -0.05) is 0 Å². The molecule has 0 atom stereocenters. The van der Waals surface area contributed by atoms with Crippen molar-refractivity contribution in [1.82, 2.24) is 24.8 Å². The first-order chi connectivity index (χ1) is 7.50. The lowest BCUT2D eigenvalue weighted by Gasteiger charge is -1.97. The van der Waals surface area contributed by atoms with Gasteiger partial charge in [-0.3, -0.25) is 4.68 Å². The van der Waals surface area contributed by atoms with Gasteiger partial charge in [0.15, 0.2) is 5.69 Å². The molecule has 0 fully saturated rings. The third-order valence-electron chi connectivity index (χ3n) is 2.33. The summed E-state index contributed by atoms with van der Waals surface area (Å²) in [5.41, 5.74) is 1.92. The number of carboxylic acids is 1. The summed E-state index contributed by atoms with van der Waals surface area (Å²) in [7, 11) is 3.39. The quantitative estimate of drug-likeness (QED) is 0.784. The Labute approximate surface area is 91.3 Å². The van der Waals surface area contributed by atoms with E-state index in [4.69, 9.17) is 5.11 Å². The fourth-order valence-electron chi connectivity index (χ4n) is 1.65. The number of nitrogens with zero attached hydrogens (tertiary/aromatic N) is 5. The van der Waals surface area contributed by atoms with Crippen molar-refractivity contribution in [1.29, 1.82) is 0 Å². The van der Waals surface area contributed by atoms with Gasteiger partial charge in [-0.05, 0) is 6.92 Å². The van der Waals surface area contributed by atoms with Crippen LogP contribution in [0.25, 0.3) is 11.4 Å². The van der Waals surface area contributed by atoms with Crippen LogP contribution < -0.4 is 0 Å². The minimum absolute atomic E-state index is 0.0446. The Bertz CT molecular complexity index is 554. The highest BCUT2D eigenvalue weighted by Gasteiger charge is 2.20. The number of aromatic nitrogens is 5. The van der Waals surface area contributed by atoms with Gasteiger partial charge in [0.05, 0.1) is 11.9 Å². The second kappa shape index (κ2) is 3.44. The SMILES string of the molecule is Cc1c(C(=O)O)nn(C)c1-c1cnn(C)n1. The van der Waals surface area contributed by atoms with Crippen molar-refractivity contribution < 1.29 is 9.90 Å². The van der Waals surface area contributed by atoms with Crippen LogP contribution >= 0.6 is 0 Å². The molecule has 84 valence electrons. The lowest BCUT2D eigenvalue weighted by atomic mass is 10.1. The maximum absolute atomic E-state index is 10.9. The third-order valence-corrected chi connectivity index (χ3v) is 2.33. The highest BCUT2D eigenvalue weighted by molar-refractivity contribution is 5.89. The van der Waals surface area contributed by atoms with Gasteiger partial charge in [-0.2, -0.15) is 20.1 Å². The van der Waals surface area contributed by atoms with Gasteiger partial charge in [0.2, 0.25) is 0 Å². The zero-order chi connectivity index (χ0) is 11.9. The van der Waals surface area contributed by atoms with Crippen LogP contribution in [0, 0.1) is 6.92 Å². The van der Waals surface area contributed by atoms with E-state index < -0.39 is 5.97 Å². The molecule has 0 amide bonds. The second-order valence-corrected chi connectivity index (χ2v) is 3.47. The van der Waals surface area contributed by atoms with Gasteiger partial charge < -0.3 is 5.11 Å². The van der Waals surface area contributed by atoms with Crippen LogP contribution in [0.5, 0.6) is 0 Å². The number of carbonyl (C=O) groups is 1. The summed E-state index contributed by atoms with van der Waals surface area (Å²) in [6.45, 7) is 1.71. The van der Waals surface area contributed by atoms with Crippen molar-refractivity contribution >= 4 is 5.97 Å². The highest BCUT2D eigenvalue weighted by atomic mass is 16.4. The van der Waals surface area contributed by atoms with Crippen molar-refractivity contribution in [2.75, 3.05) is 0 Å². The van der Waals surface area contributed by atoms with Crippen molar-refractivity contribution in [3.8, 4) is 11.4 Å². The van der Waals surface area contributed by atoms with E-state index in [1.807, 2.05) is 0 Å². The standard InChI is InChI=1S/C9H11N5O2/c1-5-7(9(15)16)12-13(2)8(5)6-4-10-14(3)11-6/h4H,1-3H3,(H,15,16). The zero-order valence-electron chi connectivity index (χ0n) is 9.17. The molecule has 0 bridgehead atoms. The topological polar surface area (TPSA) is 85.8 Å². The first-order valence-corrected chi connectivity index (χ1v) is 4.64. The summed E-state index contributed by atoms with van der Waals surface area (Å²) in [6.07, 6.45) is 1.58. The monoisotopic (exact) mass is 221 g/mol. The molecule has 16 heavy (non-hydrogen) atoms. The predicted octanol–water partition coefficient (Wildman–Crippen LogP) is 0.222. The molecule has 0 aliphatic heterocycles. The Balaban J connectivity index is 2.61. The molecule has 0 spiro atoms. The zero-order valence-corrected chi connectivity index (χ0v) is 9.17. The molecule has 0 aromatic carbocycles. The molecule has 0 saturated heterocycles. The van der Waals surface area contributed by atoms with Gasteiger partial charge in [0.25, 0.3) is 0 Å². The molecule has 0 radical (unpaired) electrons. The average molecular weight is 221 g/mol. The summed E-state index contributed by atoms with van der Waals surface area (Å²) in [4.78, 5) is 12.3. The van der Waals surface area contributed by atoms with Gasteiger partial charge in [-0.15, -0.1) is 0 Å².